The van der Waals surface area contributed by atoms with Gasteiger partial charge in [-0.05, 0) is 29.8 Å². The molecular weight excluding hydrogens is 277 g/mol. The summed E-state index contributed by atoms with van der Waals surface area (Å²) in [6, 6.07) is 5.45. The first kappa shape index (κ1) is 10.9. The third-order valence-electron chi connectivity index (χ3n) is 2.30. The van der Waals surface area contributed by atoms with E-state index in [9.17, 15) is 0 Å². The molecule has 0 fully saturated rings. The van der Waals surface area contributed by atoms with Crippen LogP contribution >= 0.6 is 34.5 Å². The molecule has 0 N–H and O–H groups in total. The number of nitrogens with zero attached hydrogens (tertiary/aromatic N) is 3. The molecule has 0 unspecified atom stereocenters. The lowest BCUT2D eigenvalue weighted by Crippen LogP contribution is -1.89. The van der Waals surface area contributed by atoms with Gasteiger partial charge in [0.05, 0.1) is 21.6 Å². The van der Waals surface area contributed by atoms with Crippen molar-refractivity contribution in [1.82, 2.24) is 15.0 Å². The predicted octanol–water partition coefficient (Wildman–Crippen LogP) is 4.06. The van der Waals surface area contributed by atoms with Crippen LogP contribution in [-0.4, -0.2) is 15.0 Å². The first-order valence-electron chi connectivity index (χ1n) is 4.76. The Morgan fingerprint density at radius 1 is 1.12 bits per heavy atom. The van der Waals surface area contributed by atoms with E-state index in [1.807, 2.05) is 12.1 Å². The number of benzene rings is 1. The highest BCUT2D eigenvalue weighted by molar-refractivity contribution is 7.13. The van der Waals surface area contributed by atoms with Crippen LogP contribution in [0.1, 0.15) is 0 Å². The van der Waals surface area contributed by atoms with Gasteiger partial charge in [0.25, 0.3) is 0 Å². The van der Waals surface area contributed by atoms with Gasteiger partial charge in [0.15, 0.2) is 0 Å². The molecule has 17 heavy (non-hydrogen) atoms. The van der Waals surface area contributed by atoms with E-state index in [0.29, 0.717) is 5.02 Å². The highest BCUT2D eigenvalue weighted by Crippen LogP contribution is 2.31. The van der Waals surface area contributed by atoms with Gasteiger partial charge in [-0.15, -0.1) is 11.3 Å². The first-order chi connectivity index (χ1) is 8.24. The molecule has 0 aliphatic heterocycles. The summed E-state index contributed by atoms with van der Waals surface area (Å²) in [6.45, 7) is 0. The summed E-state index contributed by atoms with van der Waals surface area (Å²) in [5.74, 6) is 0. The fraction of sp³-hybridized carbons (Fsp3) is 0. The number of fused-ring (bicyclic) bond motifs is 1. The van der Waals surface area contributed by atoms with Crippen molar-refractivity contribution < 1.29 is 0 Å². The molecule has 0 spiro atoms. The average molecular weight is 282 g/mol. The molecule has 3 rings (SSSR count). The second-order valence-electron chi connectivity index (χ2n) is 3.37. The van der Waals surface area contributed by atoms with Crippen LogP contribution in [-0.2, 0) is 0 Å². The summed E-state index contributed by atoms with van der Waals surface area (Å²) in [7, 11) is 0. The van der Waals surface area contributed by atoms with Gasteiger partial charge in [-0.25, -0.2) is 9.97 Å². The average Bonchev–Trinajstić information content (AvgIpc) is 2.82. The molecule has 0 saturated heterocycles. The van der Waals surface area contributed by atoms with Crippen LogP contribution < -0.4 is 0 Å². The molecular formula is C11H5Cl2N3S. The van der Waals surface area contributed by atoms with Gasteiger partial charge in [-0.1, -0.05) is 11.6 Å². The van der Waals surface area contributed by atoms with Gasteiger partial charge in [-0.3, -0.25) is 4.98 Å². The van der Waals surface area contributed by atoms with Crippen LogP contribution in [0, 0.1) is 0 Å². The third-order valence-corrected chi connectivity index (χ3v) is 3.48. The molecule has 3 aromatic rings. The molecule has 0 aliphatic carbocycles. The Balaban J connectivity index is 2.39. The number of halogens is 2. The van der Waals surface area contributed by atoms with E-state index < -0.39 is 0 Å². The molecule has 3 nitrogen and oxygen atoms in total. The molecule has 0 saturated carbocycles. The monoisotopic (exact) mass is 281 g/mol. The maximum absolute atomic E-state index is 5.99. The first-order valence-corrected chi connectivity index (χ1v) is 6.39. The van der Waals surface area contributed by atoms with Crippen molar-refractivity contribution in [2.45, 2.75) is 0 Å². The number of thiazole rings is 1. The quantitative estimate of drug-likeness (QED) is 0.632. The van der Waals surface area contributed by atoms with Gasteiger partial charge >= 0.3 is 0 Å². The minimum absolute atomic E-state index is 0.225. The van der Waals surface area contributed by atoms with Crippen molar-refractivity contribution in [1.29, 1.82) is 0 Å². The maximum atomic E-state index is 5.99. The van der Waals surface area contributed by atoms with Crippen molar-refractivity contribution in [3.05, 3.63) is 40.2 Å². The molecule has 0 radical (unpaired) electrons. The zero-order valence-electron chi connectivity index (χ0n) is 8.39. The fourth-order valence-electron chi connectivity index (χ4n) is 1.59. The Kier molecular flexibility index (Phi) is 2.70. The topological polar surface area (TPSA) is 38.7 Å². The molecule has 2 aromatic heterocycles. The Bertz CT molecular complexity index is 682. The zero-order valence-corrected chi connectivity index (χ0v) is 10.7. The van der Waals surface area contributed by atoms with Gasteiger partial charge in [0.1, 0.15) is 0 Å². The maximum Gasteiger partial charge on any atom is 0.223 e. The Morgan fingerprint density at radius 2 is 2.00 bits per heavy atom. The van der Waals surface area contributed by atoms with E-state index in [-0.39, 0.29) is 5.28 Å². The van der Waals surface area contributed by atoms with E-state index in [1.165, 1.54) is 11.3 Å². The van der Waals surface area contributed by atoms with Crippen LogP contribution in [0.3, 0.4) is 0 Å². The molecule has 0 bridgehead atoms. The van der Waals surface area contributed by atoms with E-state index in [1.54, 1.807) is 17.8 Å². The van der Waals surface area contributed by atoms with Gasteiger partial charge < -0.3 is 0 Å². The second kappa shape index (κ2) is 4.22. The van der Waals surface area contributed by atoms with Gasteiger partial charge in [-0.2, -0.15) is 0 Å². The Hall–Kier alpha value is -1.23. The molecule has 0 atom stereocenters. The van der Waals surface area contributed by atoms with Crippen molar-refractivity contribution >= 4 is 45.4 Å². The highest BCUT2D eigenvalue weighted by atomic mass is 35.5. The Morgan fingerprint density at radius 3 is 2.76 bits per heavy atom. The summed E-state index contributed by atoms with van der Waals surface area (Å²) in [4.78, 5) is 13.4. The lowest BCUT2D eigenvalue weighted by molar-refractivity contribution is 1.23. The van der Waals surface area contributed by atoms with Crippen molar-refractivity contribution in [3.8, 4) is 10.6 Å². The predicted molar refractivity (Wildman–Crippen MR) is 70.7 cm³/mol. The van der Waals surface area contributed by atoms with Crippen LogP contribution in [0.5, 0.6) is 0 Å². The SMILES string of the molecule is Clc1ccc2nc(Cl)nc(-c3cncs3)c2c1. The van der Waals surface area contributed by atoms with Crippen LogP contribution in [0.15, 0.2) is 29.9 Å². The lowest BCUT2D eigenvalue weighted by Gasteiger charge is -2.04. The van der Waals surface area contributed by atoms with E-state index in [4.69, 9.17) is 23.2 Å². The fourth-order valence-corrected chi connectivity index (χ4v) is 2.56. The molecule has 2 heterocycles. The van der Waals surface area contributed by atoms with Crippen LogP contribution in [0.2, 0.25) is 10.3 Å². The smallest absolute Gasteiger partial charge is 0.223 e. The minimum Gasteiger partial charge on any atom is -0.252 e. The van der Waals surface area contributed by atoms with Crippen molar-refractivity contribution in [3.63, 3.8) is 0 Å². The van der Waals surface area contributed by atoms with E-state index >= 15 is 0 Å². The molecule has 6 heteroatoms. The summed E-state index contributed by atoms with van der Waals surface area (Å²) in [5, 5.41) is 1.75. The molecule has 1 aromatic carbocycles. The summed E-state index contributed by atoms with van der Waals surface area (Å²) in [5.41, 5.74) is 3.30. The highest BCUT2D eigenvalue weighted by Gasteiger charge is 2.10. The molecule has 84 valence electrons. The van der Waals surface area contributed by atoms with Crippen molar-refractivity contribution in [2.75, 3.05) is 0 Å². The normalized spacial score (nSPS) is 10.9. The lowest BCUT2D eigenvalue weighted by atomic mass is 10.2. The van der Waals surface area contributed by atoms with Crippen LogP contribution in [0.25, 0.3) is 21.5 Å². The zero-order chi connectivity index (χ0) is 11.8. The summed E-state index contributed by atoms with van der Waals surface area (Å²) >= 11 is 13.4. The summed E-state index contributed by atoms with van der Waals surface area (Å²) in [6.07, 6.45) is 1.75. The number of rotatable bonds is 1. The standard InChI is InChI=1S/C11H5Cl2N3S/c12-6-1-2-8-7(3-6)10(16-11(13)15-8)9-4-14-5-17-9/h1-5H. The van der Waals surface area contributed by atoms with Gasteiger partial charge in [0.2, 0.25) is 5.28 Å². The van der Waals surface area contributed by atoms with E-state index in [0.717, 1.165) is 21.5 Å². The molecule has 0 amide bonds. The Labute approximate surface area is 111 Å². The second-order valence-corrected chi connectivity index (χ2v) is 5.03. The third kappa shape index (κ3) is 1.99. The minimum atomic E-state index is 0.225. The number of aromatic nitrogens is 3. The largest absolute Gasteiger partial charge is 0.252 e. The van der Waals surface area contributed by atoms with E-state index in [2.05, 4.69) is 15.0 Å². The molecule has 0 aliphatic rings. The summed E-state index contributed by atoms with van der Waals surface area (Å²) < 4.78 is 0. The van der Waals surface area contributed by atoms with Crippen LogP contribution in [0.4, 0.5) is 0 Å². The van der Waals surface area contributed by atoms with Crippen molar-refractivity contribution in [2.24, 2.45) is 0 Å². The number of hydrogen-bond acceptors (Lipinski definition) is 4. The number of hydrogen-bond donors (Lipinski definition) is 0. The van der Waals surface area contributed by atoms with Gasteiger partial charge in [0, 0.05) is 16.6 Å².